The van der Waals surface area contributed by atoms with Gasteiger partial charge < -0.3 is 28.8 Å². The zero-order valence-corrected chi connectivity index (χ0v) is 21.0. The number of aromatic hydroxyl groups is 1. The second-order valence-electron chi connectivity index (χ2n) is 8.96. The smallest absolute Gasteiger partial charge is 0.343 e. The van der Waals surface area contributed by atoms with E-state index in [-0.39, 0.29) is 11.9 Å². The van der Waals surface area contributed by atoms with Gasteiger partial charge in [-0.2, -0.15) is 0 Å². The molecule has 37 heavy (non-hydrogen) atoms. The Kier molecular flexibility index (Phi) is 10.1. The number of benzene rings is 3. The van der Waals surface area contributed by atoms with Crippen LogP contribution in [0.4, 0.5) is 0 Å². The van der Waals surface area contributed by atoms with E-state index in [4.69, 9.17) is 23.7 Å². The van der Waals surface area contributed by atoms with Crippen LogP contribution in [-0.4, -0.2) is 43.6 Å². The number of epoxide rings is 1. The number of rotatable bonds is 16. The summed E-state index contributed by atoms with van der Waals surface area (Å²) >= 11 is 0. The predicted octanol–water partition coefficient (Wildman–Crippen LogP) is 6.19. The minimum Gasteiger partial charge on any atom is -0.508 e. The molecule has 0 amide bonds. The summed E-state index contributed by atoms with van der Waals surface area (Å²) in [4.78, 5) is 12.4. The number of esters is 1. The molecule has 0 spiro atoms. The molecule has 1 aliphatic rings. The van der Waals surface area contributed by atoms with Crippen molar-refractivity contribution in [3.8, 4) is 28.7 Å². The molecule has 0 radical (unpaired) electrons. The quantitative estimate of drug-likeness (QED) is 0.107. The standard InChI is InChI=1S/C30H34O7/c31-24-9-13-25(14-10-24)33-19-5-3-1-2-4-6-20-34-26-15-17-28(18-16-26)37-30(32)23-7-11-27(12-8-23)35-21-29-22-36-29/h7-18,29,31H,1-6,19-22H2. The van der Waals surface area contributed by atoms with E-state index >= 15 is 0 Å². The molecule has 1 heterocycles. The van der Waals surface area contributed by atoms with Crippen LogP contribution in [-0.2, 0) is 4.74 Å². The fraction of sp³-hybridized carbons (Fsp3) is 0.367. The van der Waals surface area contributed by atoms with E-state index in [1.165, 1.54) is 12.8 Å². The Morgan fingerprint density at radius 1 is 0.676 bits per heavy atom. The van der Waals surface area contributed by atoms with Gasteiger partial charge in [0.15, 0.2) is 0 Å². The Balaban J connectivity index is 1.03. The monoisotopic (exact) mass is 506 g/mol. The summed E-state index contributed by atoms with van der Waals surface area (Å²) in [6, 6.07) is 20.8. The lowest BCUT2D eigenvalue weighted by atomic mass is 10.1. The van der Waals surface area contributed by atoms with E-state index in [1.54, 1.807) is 60.7 Å². The van der Waals surface area contributed by atoms with Gasteiger partial charge in [-0.25, -0.2) is 4.79 Å². The highest BCUT2D eigenvalue weighted by atomic mass is 16.6. The molecule has 1 atom stereocenters. The molecule has 7 nitrogen and oxygen atoms in total. The van der Waals surface area contributed by atoms with Crippen molar-refractivity contribution in [3.05, 3.63) is 78.4 Å². The summed E-state index contributed by atoms with van der Waals surface area (Å²) in [7, 11) is 0. The van der Waals surface area contributed by atoms with Crippen LogP contribution in [0.2, 0.25) is 0 Å². The minimum atomic E-state index is -0.419. The molecule has 0 aromatic heterocycles. The largest absolute Gasteiger partial charge is 0.508 e. The molecule has 0 aliphatic carbocycles. The van der Waals surface area contributed by atoms with Crippen LogP contribution in [0.25, 0.3) is 0 Å². The summed E-state index contributed by atoms with van der Waals surface area (Å²) in [6.45, 7) is 2.62. The van der Waals surface area contributed by atoms with Gasteiger partial charge in [0.2, 0.25) is 0 Å². The second kappa shape index (κ2) is 14.1. The summed E-state index contributed by atoms with van der Waals surface area (Å²) in [6.07, 6.45) is 6.79. The third-order valence-electron chi connectivity index (χ3n) is 5.88. The Bertz CT molecular complexity index is 1070. The van der Waals surface area contributed by atoms with Gasteiger partial charge in [0.05, 0.1) is 25.4 Å². The van der Waals surface area contributed by atoms with Gasteiger partial charge in [-0.15, -0.1) is 0 Å². The fourth-order valence-electron chi connectivity index (χ4n) is 3.64. The molecule has 0 bridgehead atoms. The molecule has 1 aliphatic heterocycles. The molecule has 1 saturated heterocycles. The van der Waals surface area contributed by atoms with E-state index in [1.807, 2.05) is 12.1 Å². The molecule has 7 heteroatoms. The van der Waals surface area contributed by atoms with Gasteiger partial charge in [-0.3, -0.25) is 0 Å². The predicted molar refractivity (Wildman–Crippen MR) is 140 cm³/mol. The Labute approximate surface area is 217 Å². The first-order chi connectivity index (χ1) is 18.2. The van der Waals surface area contributed by atoms with E-state index in [0.717, 1.165) is 43.8 Å². The van der Waals surface area contributed by atoms with Crippen LogP contribution in [0.5, 0.6) is 28.7 Å². The average molecular weight is 507 g/mol. The Morgan fingerprint density at radius 3 is 1.70 bits per heavy atom. The molecule has 4 rings (SSSR count). The van der Waals surface area contributed by atoms with E-state index < -0.39 is 5.97 Å². The lowest BCUT2D eigenvalue weighted by Crippen LogP contribution is -2.09. The highest BCUT2D eigenvalue weighted by Gasteiger charge is 2.23. The molecule has 0 saturated carbocycles. The SMILES string of the molecule is O=C(Oc1ccc(OCCCCCCCCOc2ccc(O)cc2)cc1)c1ccc(OCC2CO2)cc1. The van der Waals surface area contributed by atoms with Gasteiger partial charge in [0, 0.05) is 0 Å². The van der Waals surface area contributed by atoms with E-state index in [2.05, 4.69) is 0 Å². The van der Waals surface area contributed by atoms with Gasteiger partial charge in [-0.1, -0.05) is 25.7 Å². The van der Waals surface area contributed by atoms with Gasteiger partial charge in [0.1, 0.15) is 41.5 Å². The maximum absolute atomic E-state index is 12.4. The number of phenols is 1. The van der Waals surface area contributed by atoms with E-state index in [0.29, 0.717) is 36.9 Å². The van der Waals surface area contributed by atoms with Crippen molar-refractivity contribution in [1.29, 1.82) is 0 Å². The van der Waals surface area contributed by atoms with Crippen molar-refractivity contribution in [2.45, 2.75) is 44.6 Å². The van der Waals surface area contributed by atoms with Crippen molar-refractivity contribution in [1.82, 2.24) is 0 Å². The fourth-order valence-corrected chi connectivity index (χ4v) is 3.64. The zero-order chi connectivity index (χ0) is 25.7. The highest BCUT2D eigenvalue weighted by Crippen LogP contribution is 2.21. The van der Waals surface area contributed by atoms with Gasteiger partial charge in [-0.05, 0) is 85.6 Å². The maximum atomic E-state index is 12.4. The number of hydrogen-bond donors (Lipinski definition) is 1. The van der Waals surface area contributed by atoms with Crippen molar-refractivity contribution in [2.75, 3.05) is 26.4 Å². The molecule has 3 aromatic carbocycles. The molecule has 1 fully saturated rings. The first-order valence-electron chi connectivity index (χ1n) is 12.9. The number of ether oxygens (including phenoxy) is 5. The summed E-state index contributed by atoms with van der Waals surface area (Å²) in [5, 5.41) is 9.27. The van der Waals surface area contributed by atoms with Crippen molar-refractivity contribution < 1.29 is 33.6 Å². The van der Waals surface area contributed by atoms with Crippen LogP contribution in [0, 0.1) is 0 Å². The third-order valence-corrected chi connectivity index (χ3v) is 5.88. The van der Waals surface area contributed by atoms with Gasteiger partial charge in [0.25, 0.3) is 0 Å². The molecule has 3 aromatic rings. The normalized spacial score (nSPS) is 14.1. The minimum absolute atomic E-state index is 0.192. The second-order valence-corrected chi connectivity index (χ2v) is 8.96. The summed E-state index contributed by atoms with van der Waals surface area (Å²) < 4.78 is 27.6. The van der Waals surface area contributed by atoms with Crippen LogP contribution in [0.1, 0.15) is 48.9 Å². The third kappa shape index (κ3) is 9.69. The number of carbonyl (C=O) groups excluding carboxylic acids is 1. The average Bonchev–Trinajstić information content (AvgIpc) is 3.75. The van der Waals surface area contributed by atoms with Crippen molar-refractivity contribution in [3.63, 3.8) is 0 Å². The first kappa shape index (κ1) is 26.4. The van der Waals surface area contributed by atoms with Crippen LogP contribution >= 0.6 is 0 Å². The molecule has 196 valence electrons. The van der Waals surface area contributed by atoms with Crippen molar-refractivity contribution in [2.24, 2.45) is 0 Å². The van der Waals surface area contributed by atoms with Crippen LogP contribution < -0.4 is 18.9 Å². The zero-order valence-electron chi connectivity index (χ0n) is 21.0. The maximum Gasteiger partial charge on any atom is 0.343 e. The van der Waals surface area contributed by atoms with Crippen LogP contribution in [0.15, 0.2) is 72.8 Å². The molecular weight excluding hydrogens is 472 g/mol. The van der Waals surface area contributed by atoms with Crippen LogP contribution in [0.3, 0.4) is 0 Å². The number of phenolic OH excluding ortho intramolecular Hbond substituents is 1. The lowest BCUT2D eigenvalue weighted by Gasteiger charge is -2.09. The Hall–Kier alpha value is -3.71. The van der Waals surface area contributed by atoms with E-state index in [9.17, 15) is 9.90 Å². The molecular formula is C30H34O7. The number of hydrogen-bond acceptors (Lipinski definition) is 7. The molecule has 1 unspecified atom stereocenters. The number of unbranched alkanes of at least 4 members (excludes halogenated alkanes) is 5. The van der Waals surface area contributed by atoms with Crippen molar-refractivity contribution >= 4 is 5.97 Å². The topological polar surface area (TPSA) is 86.8 Å². The first-order valence-corrected chi connectivity index (χ1v) is 12.9. The summed E-state index contributed by atoms with van der Waals surface area (Å²) in [5.41, 5.74) is 0.459. The number of carbonyl (C=O) groups is 1. The van der Waals surface area contributed by atoms with Gasteiger partial charge >= 0.3 is 5.97 Å². The Morgan fingerprint density at radius 2 is 1.14 bits per heavy atom. The lowest BCUT2D eigenvalue weighted by molar-refractivity contribution is 0.0734. The highest BCUT2D eigenvalue weighted by molar-refractivity contribution is 5.91. The molecule has 1 N–H and O–H groups in total. The summed E-state index contributed by atoms with van der Waals surface area (Å²) in [5.74, 6) is 2.55.